The van der Waals surface area contributed by atoms with E-state index in [2.05, 4.69) is 15.9 Å². The number of hydrogen-bond donors (Lipinski definition) is 1. The van der Waals surface area contributed by atoms with Crippen LogP contribution in [0.25, 0.3) is 11.0 Å². The van der Waals surface area contributed by atoms with Gasteiger partial charge < -0.3 is 19.2 Å². The van der Waals surface area contributed by atoms with Crippen molar-refractivity contribution in [3.63, 3.8) is 0 Å². The van der Waals surface area contributed by atoms with E-state index in [9.17, 15) is 14.7 Å². The molecule has 1 amide bonds. The lowest BCUT2D eigenvalue weighted by molar-refractivity contribution is 0.0714. The Kier molecular flexibility index (Phi) is 5.21. The molecule has 1 atom stereocenters. The third kappa shape index (κ3) is 3.49. The Morgan fingerprint density at radius 1 is 1.09 bits per heavy atom. The lowest BCUT2D eigenvalue weighted by Crippen LogP contribution is -2.29. The van der Waals surface area contributed by atoms with Gasteiger partial charge in [-0.3, -0.25) is 9.59 Å². The van der Waals surface area contributed by atoms with Crippen molar-refractivity contribution in [1.29, 1.82) is 0 Å². The predicted molar refractivity (Wildman–Crippen MR) is 128 cm³/mol. The number of aromatic hydroxyl groups is 1. The molecule has 6 nitrogen and oxygen atoms in total. The van der Waals surface area contributed by atoms with E-state index in [0.717, 1.165) is 11.1 Å². The van der Waals surface area contributed by atoms with Crippen LogP contribution < -0.4 is 10.2 Å². The lowest BCUT2D eigenvalue weighted by Gasteiger charge is -2.26. The van der Waals surface area contributed by atoms with Crippen LogP contribution in [0, 0.1) is 6.92 Å². The number of phenols is 1. The number of carbonyl (C=O) groups is 1. The molecule has 0 aliphatic carbocycles. The maximum atomic E-state index is 13.6. The number of fused-ring (bicyclic) bond motifs is 2. The summed E-state index contributed by atoms with van der Waals surface area (Å²) in [5.74, 6) is -0.136. The average Bonchev–Trinajstić information content (AvgIpc) is 3.09. The number of phenolic OH excluding ortho intramolecular Hbond substituents is 1. The highest BCUT2D eigenvalue weighted by Gasteiger charge is 2.43. The van der Waals surface area contributed by atoms with Crippen LogP contribution in [-0.2, 0) is 6.54 Å². The highest BCUT2D eigenvalue weighted by molar-refractivity contribution is 9.10. The summed E-state index contributed by atoms with van der Waals surface area (Å²) in [4.78, 5) is 28.7. The van der Waals surface area contributed by atoms with Gasteiger partial charge in [-0.05, 0) is 58.2 Å². The molecule has 33 heavy (non-hydrogen) atoms. The molecule has 1 aliphatic rings. The standard InChI is InChI=1S/C26H20BrNO5/c1-14-7-9-15(10-8-14)13-28-22(16-11-18(27)24(30)20(12-16)32-2)21-23(29)17-5-3-4-6-19(17)33-25(21)26(28)31/h3-12,22,30H,13H2,1-2H3. The third-order valence-corrected chi connectivity index (χ3v) is 6.54. The van der Waals surface area contributed by atoms with Crippen molar-refractivity contribution in [2.45, 2.75) is 19.5 Å². The Morgan fingerprint density at radius 2 is 1.82 bits per heavy atom. The van der Waals surface area contributed by atoms with Crippen LogP contribution in [0.3, 0.4) is 0 Å². The van der Waals surface area contributed by atoms with Crippen molar-refractivity contribution < 1.29 is 19.1 Å². The van der Waals surface area contributed by atoms with Gasteiger partial charge >= 0.3 is 0 Å². The second kappa shape index (κ2) is 8.08. The smallest absolute Gasteiger partial charge is 0.291 e. The monoisotopic (exact) mass is 505 g/mol. The molecule has 0 bridgehead atoms. The van der Waals surface area contributed by atoms with E-state index >= 15 is 0 Å². The zero-order valence-corrected chi connectivity index (χ0v) is 19.5. The van der Waals surface area contributed by atoms with Gasteiger partial charge in [0.1, 0.15) is 5.58 Å². The number of rotatable bonds is 4. The maximum Gasteiger partial charge on any atom is 0.291 e. The number of hydrogen-bond acceptors (Lipinski definition) is 5. The van der Waals surface area contributed by atoms with Crippen molar-refractivity contribution in [1.82, 2.24) is 4.90 Å². The van der Waals surface area contributed by atoms with Gasteiger partial charge in [-0.2, -0.15) is 0 Å². The Bertz CT molecular complexity index is 1460. The first kappa shape index (κ1) is 21.3. The van der Waals surface area contributed by atoms with E-state index in [0.29, 0.717) is 21.0 Å². The quantitative estimate of drug-likeness (QED) is 0.405. The summed E-state index contributed by atoms with van der Waals surface area (Å²) in [5, 5.41) is 10.7. The van der Waals surface area contributed by atoms with E-state index in [1.807, 2.05) is 31.2 Å². The fourth-order valence-corrected chi connectivity index (χ4v) is 4.73. The first-order chi connectivity index (χ1) is 15.9. The number of carbonyl (C=O) groups excluding carboxylic acids is 1. The molecule has 0 spiro atoms. The molecule has 1 unspecified atom stereocenters. The minimum atomic E-state index is -0.708. The molecular weight excluding hydrogens is 486 g/mol. The Morgan fingerprint density at radius 3 is 2.55 bits per heavy atom. The van der Waals surface area contributed by atoms with E-state index in [4.69, 9.17) is 9.15 Å². The zero-order valence-electron chi connectivity index (χ0n) is 18.0. The molecular formula is C26H20BrNO5. The number of methoxy groups -OCH3 is 1. The summed E-state index contributed by atoms with van der Waals surface area (Å²) in [6.07, 6.45) is 0. The third-order valence-electron chi connectivity index (χ3n) is 5.93. The summed E-state index contributed by atoms with van der Waals surface area (Å²) in [6.45, 7) is 2.28. The largest absolute Gasteiger partial charge is 0.503 e. The van der Waals surface area contributed by atoms with Crippen LogP contribution in [-0.4, -0.2) is 23.0 Å². The van der Waals surface area contributed by atoms with Crippen molar-refractivity contribution >= 4 is 32.8 Å². The summed E-state index contributed by atoms with van der Waals surface area (Å²) in [5.41, 5.74) is 3.06. The second-order valence-electron chi connectivity index (χ2n) is 8.04. The molecule has 7 heteroatoms. The highest BCUT2D eigenvalue weighted by Crippen LogP contribution is 2.44. The number of amides is 1. The molecule has 0 saturated carbocycles. The maximum absolute atomic E-state index is 13.6. The minimum absolute atomic E-state index is 0.0407. The fourth-order valence-electron chi connectivity index (χ4n) is 4.27. The fraction of sp³-hybridized carbons (Fsp3) is 0.154. The number of aryl methyl sites for hydroxylation is 1. The number of ether oxygens (including phenoxy) is 1. The number of nitrogens with zero attached hydrogens (tertiary/aromatic N) is 1. The van der Waals surface area contributed by atoms with E-state index in [1.54, 1.807) is 41.3 Å². The molecule has 166 valence electrons. The molecule has 3 aromatic carbocycles. The van der Waals surface area contributed by atoms with Gasteiger partial charge in [-0.1, -0.05) is 42.0 Å². The minimum Gasteiger partial charge on any atom is -0.503 e. The Labute approximate surface area is 198 Å². The molecule has 1 N–H and O–H groups in total. The normalized spacial score (nSPS) is 15.2. The van der Waals surface area contributed by atoms with Crippen molar-refractivity contribution in [2.75, 3.05) is 7.11 Å². The van der Waals surface area contributed by atoms with Crippen LogP contribution in [0.1, 0.15) is 38.9 Å². The number of halogens is 1. The summed E-state index contributed by atoms with van der Waals surface area (Å²) in [7, 11) is 1.45. The molecule has 5 rings (SSSR count). The molecule has 0 saturated heterocycles. The summed E-state index contributed by atoms with van der Waals surface area (Å²) < 4.78 is 11.7. The zero-order chi connectivity index (χ0) is 23.3. The van der Waals surface area contributed by atoms with Gasteiger partial charge in [0.2, 0.25) is 5.76 Å². The van der Waals surface area contributed by atoms with Crippen LogP contribution in [0.15, 0.2) is 74.3 Å². The lowest BCUT2D eigenvalue weighted by atomic mass is 9.97. The molecule has 0 radical (unpaired) electrons. The van der Waals surface area contributed by atoms with Crippen LogP contribution >= 0.6 is 15.9 Å². The SMILES string of the molecule is COc1cc(C2c3c(oc4ccccc4c3=O)C(=O)N2Cc2ccc(C)cc2)cc(Br)c1O. The predicted octanol–water partition coefficient (Wildman–Crippen LogP) is 5.32. The van der Waals surface area contributed by atoms with Crippen molar-refractivity contribution in [2.24, 2.45) is 0 Å². The van der Waals surface area contributed by atoms with Crippen molar-refractivity contribution in [3.05, 3.63) is 103 Å². The van der Waals surface area contributed by atoms with Crippen LogP contribution in [0.2, 0.25) is 0 Å². The van der Waals surface area contributed by atoms with Gasteiger partial charge in [0, 0.05) is 6.54 Å². The Hall–Kier alpha value is -3.58. The topological polar surface area (TPSA) is 80.0 Å². The van der Waals surface area contributed by atoms with Crippen molar-refractivity contribution in [3.8, 4) is 11.5 Å². The molecule has 4 aromatic rings. The van der Waals surface area contributed by atoms with Gasteiger partial charge in [0.25, 0.3) is 5.91 Å². The Balaban J connectivity index is 1.75. The van der Waals surface area contributed by atoms with Gasteiger partial charge in [-0.15, -0.1) is 0 Å². The number of benzene rings is 3. The molecule has 0 fully saturated rings. The molecule has 2 heterocycles. The van der Waals surface area contributed by atoms with Crippen LogP contribution in [0.4, 0.5) is 0 Å². The van der Waals surface area contributed by atoms with E-state index < -0.39 is 6.04 Å². The van der Waals surface area contributed by atoms with Gasteiger partial charge in [0.05, 0.1) is 28.6 Å². The summed E-state index contributed by atoms with van der Waals surface area (Å²) in [6, 6.07) is 17.4. The summed E-state index contributed by atoms with van der Waals surface area (Å²) >= 11 is 3.36. The molecule has 1 aromatic heterocycles. The first-order valence-electron chi connectivity index (χ1n) is 10.4. The molecule has 1 aliphatic heterocycles. The average molecular weight is 506 g/mol. The second-order valence-corrected chi connectivity index (χ2v) is 8.90. The van der Waals surface area contributed by atoms with Gasteiger partial charge in [-0.25, -0.2) is 0 Å². The number of para-hydroxylation sites is 1. The van der Waals surface area contributed by atoms with Gasteiger partial charge in [0.15, 0.2) is 16.9 Å². The van der Waals surface area contributed by atoms with Crippen LogP contribution in [0.5, 0.6) is 11.5 Å². The first-order valence-corrected chi connectivity index (χ1v) is 11.2. The van der Waals surface area contributed by atoms with E-state index in [-0.39, 0.29) is 40.7 Å². The van der Waals surface area contributed by atoms with E-state index in [1.165, 1.54) is 7.11 Å². The highest BCUT2D eigenvalue weighted by atomic mass is 79.9.